The number of aromatic amines is 1. The zero-order valence-corrected chi connectivity index (χ0v) is 15.8. The molecule has 1 aliphatic rings. The van der Waals surface area contributed by atoms with E-state index in [9.17, 15) is 4.79 Å². The number of morpholine rings is 1. The maximum absolute atomic E-state index is 12.0. The summed E-state index contributed by atoms with van der Waals surface area (Å²) in [6.45, 7) is 5.88. The number of amides is 1. The van der Waals surface area contributed by atoms with E-state index in [0.29, 0.717) is 24.1 Å². The van der Waals surface area contributed by atoms with Crippen molar-refractivity contribution in [1.29, 1.82) is 0 Å². The number of nitrogens with zero attached hydrogens (tertiary/aromatic N) is 3. The number of ether oxygens (including phenoxy) is 1. The standard InChI is InChI=1S/C18H25N5O2S/c1-2-16-20-18(22-21-16)26-13-17(24)19-10-15-12-23(8-9-25-15)11-14-6-4-3-5-7-14/h3-7,15H,2,8-13H2,1H3,(H,19,24)(H,20,21,22)/t15-/m0/s1. The molecule has 2 N–H and O–H groups in total. The minimum Gasteiger partial charge on any atom is -0.374 e. The van der Waals surface area contributed by atoms with Crippen molar-refractivity contribution < 1.29 is 9.53 Å². The number of rotatable bonds is 8. The predicted octanol–water partition coefficient (Wildman–Crippen LogP) is 1.48. The van der Waals surface area contributed by atoms with Crippen LogP contribution in [0, 0.1) is 0 Å². The summed E-state index contributed by atoms with van der Waals surface area (Å²) in [7, 11) is 0. The Bertz CT molecular complexity index is 694. The van der Waals surface area contributed by atoms with E-state index in [0.717, 1.165) is 31.9 Å². The van der Waals surface area contributed by atoms with Gasteiger partial charge in [0.25, 0.3) is 0 Å². The zero-order chi connectivity index (χ0) is 18.2. The molecule has 140 valence electrons. The van der Waals surface area contributed by atoms with Crippen molar-refractivity contribution in [3.05, 3.63) is 41.7 Å². The Labute approximate surface area is 157 Å². The van der Waals surface area contributed by atoms with Crippen LogP contribution in [0.5, 0.6) is 0 Å². The molecule has 0 bridgehead atoms. The van der Waals surface area contributed by atoms with Crippen molar-refractivity contribution in [2.45, 2.75) is 31.1 Å². The molecule has 1 amide bonds. The normalized spacial score (nSPS) is 18.0. The molecule has 8 heteroatoms. The average Bonchev–Trinajstić information content (AvgIpc) is 3.14. The van der Waals surface area contributed by atoms with Gasteiger partial charge in [-0.05, 0) is 5.56 Å². The minimum atomic E-state index is -0.0263. The van der Waals surface area contributed by atoms with Crippen LogP contribution in [0.4, 0.5) is 0 Å². The molecule has 0 aliphatic carbocycles. The molecule has 2 aromatic rings. The van der Waals surface area contributed by atoms with Gasteiger partial charge in [-0.1, -0.05) is 49.0 Å². The zero-order valence-electron chi connectivity index (χ0n) is 15.0. The maximum atomic E-state index is 12.0. The first-order valence-corrected chi connectivity index (χ1v) is 9.90. The Balaban J connectivity index is 1.37. The third-order valence-corrected chi connectivity index (χ3v) is 5.02. The molecule has 0 spiro atoms. The van der Waals surface area contributed by atoms with Crippen molar-refractivity contribution in [2.24, 2.45) is 0 Å². The first-order chi connectivity index (χ1) is 12.7. The van der Waals surface area contributed by atoms with Crippen molar-refractivity contribution in [2.75, 3.05) is 32.0 Å². The lowest BCUT2D eigenvalue weighted by molar-refractivity contribution is -0.119. The number of H-pyrrole nitrogens is 1. The summed E-state index contributed by atoms with van der Waals surface area (Å²) < 4.78 is 5.78. The van der Waals surface area contributed by atoms with Gasteiger partial charge in [0, 0.05) is 32.6 Å². The number of hydrogen-bond acceptors (Lipinski definition) is 6. The van der Waals surface area contributed by atoms with Gasteiger partial charge in [-0.2, -0.15) is 0 Å². The molecule has 1 aliphatic heterocycles. The summed E-state index contributed by atoms with van der Waals surface area (Å²) in [5, 5.41) is 10.5. The molecule has 1 atom stereocenters. The highest BCUT2D eigenvalue weighted by atomic mass is 32.2. The number of carbonyl (C=O) groups excluding carboxylic acids is 1. The Hall–Kier alpha value is -1.90. The Morgan fingerprint density at radius 2 is 2.27 bits per heavy atom. The van der Waals surface area contributed by atoms with E-state index in [-0.39, 0.29) is 12.0 Å². The molecule has 7 nitrogen and oxygen atoms in total. The smallest absolute Gasteiger partial charge is 0.230 e. The fraction of sp³-hybridized carbons (Fsp3) is 0.500. The van der Waals surface area contributed by atoms with E-state index < -0.39 is 0 Å². The van der Waals surface area contributed by atoms with Crippen molar-refractivity contribution in [3.8, 4) is 0 Å². The molecule has 2 heterocycles. The van der Waals surface area contributed by atoms with Gasteiger partial charge in [-0.15, -0.1) is 5.10 Å². The van der Waals surface area contributed by atoms with Crippen LogP contribution in [0.1, 0.15) is 18.3 Å². The van der Waals surface area contributed by atoms with Gasteiger partial charge < -0.3 is 10.1 Å². The molecule has 1 aromatic heterocycles. The molecule has 1 aromatic carbocycles. The van der Waals surface area contributed by atoms with Crippen molar-refractivity contribution in [1.82, 2.24) is 25.4 Å². The Morgan fingerprint density at radius 3 is 3.04 bits per heavy atom. The summed E-state index contributed by atoms with van der Waals surface area (Å²) in [6, 6.07) is 10.4. The van der Waals surface area contributed by atoms with Crippen molar-refractivity contribution in [3.63, 3.8) is 0 Å². The SMILES string of the molecule is CCc1nc(SCC(=O)NC[C@H]2CN(Cc3ccccc3)CCO2)n[nH]1. The average molecular weight is 375 g/mol. The second-order valence-corrected chi connectivity index (χ2v) is 7.17. The Morgan fingerprint density at radius 1 is 1.42 bits per heavy atom. The Kier molecular flexibility index (Phi) is 7.04. The van der Waals surface area contributed by atoms with Gasteiger partial charge in [0.2, 0.25) is 11.1 Å². The molecule has 0 unspecified atom stereocenters. The molecular weight excluding hydrogens is 350 g/mol. The first-order valence-electron chi connectivity index (χ1n) is 8.91. The highest BCUT2D eigenvalue weighted by Crippen LogP contribution is 2.12. The van der Waals surface area contributed by atoms with Crippen LogP contribution in [-0.4, -0.2) is 64.1 Å². The molecule has 0 saturated carbocycles. The van der Waals surface area contributed by atoms with Gasteiger partial charge in [0.1, 0.15) is 5.82 Å². The van der Waals surface area contributed by atoms with Crippen LogP contribution in [0.2, 0.25) is 0 Å². The van der Waals surface area contributed by atoms with E-state index in [1.54, 1.807) is 0 Å². The van der Waals surface area contributed by atoms with Gasteiger partial charge in [0.05, 0.1) is 18.5 Å². The third kappa shape index (κ3) is 5.82. The summed E-state index contributed by atoms with van der Waals surface area (Å²) in [5.41, 5.74) is 1.30. The largest absolute Gasteiger partial charge is 0.374 e. The maximum Gasteiger partial charge on any atom is 0.230 e. The molecule has 1 fully saturated rings. The van der Waals surface area contributed by atoms with Crippen LogP contribution in [0.3, 0.4) is 0 Å². The van der Waals surface area contributed by atoms with Gasteiger partial charge >= 0.3 is 0 Å². The topological polar surface area (TPSA) is 83.1 Å². The van der Waals surface area contributed by atoms with E-state index in [2.05, 4.69) is 49.7 Å². The van der Waals surface area contributed by atoms with Crippen molar-refractivity contribution >= 4 is 17.7 Å². The monoisotopic (exact) mass is 375 g/mol. The summed E-state index contributed by atoms with van der Waals surface area (Å²) in [5.74, 6) is 1.12. The van der Waals surface area contributed by atoms with E-state index in [4.69, 9.17) is 4.74 Å². The van der Waals surface area contributed by atoms with E-state index >= 15 is 0 Å². The highest BCUT2D eigenvalue weighted by molar-refractivity contribution is 7.99. The molecule has 26 heavy (non-hydrogen) atoms. The predicted molar refractivity (Wildman–Crippen MR) is 101 cm³/mol. The lowest BCUT2D eigenvalue weighted by Crippen LogP contribution is -2.47. The number of carbonyl (C=O) groups is 1. The first kappa shape index (κ1) is 18.9. The second kappa shape index (κ2) is 9.70. The minimum absolute atomic E-state index is 0.0246. The van der Waals surface area contributed by atoms with Gasteiger partial charge in [-0.3, -0.25) is 14.8 Å². The third-order valence-electron chi connectivity index (χ3n) is 4.18. The molecule has 3 rings (SSSR count). The molecular formula is C18H25N5O2S. The fourth-order valence-corrected chi connectivity index (χ4v) is 3.45. The molecule has 0 radical (unpaired) electrons. The number of benzene rings is 1. The van der Waals surface area contributed by atoms with Crippen LogP contribution < -0.4 is 5.32 Å². The van der Waals surface area contributed by atoms with E-state index in [1.807, 2.05) is 13.0 Å². The lowest BCUT2D eigenvalue weighted by Gasteiger charge is -2.33. The fourth-order valence-electron chi connectivity index (χ4n) is 2.80. The number of nitrogens with one attached hydrogen (secondary N) is 2. The van der Waals surface area contributed by atoms with Crippen LogP contribution in [0.25, 0.3) is 0 Å². The lowest BCUT2D eigenvalue weighted by atomic mass is 10.2. The van der Waals surface area contributed by atoms with Gasteiger partial charge in [-0.25, -0.2) is 4.98 Å². The summed E-state index contributed by atoms with van der Waals surface area (Å²) in [6.07, 6.45) is 0.828. The summed E-state index contributed by atoms with van der Waals surface area (Å²) >= 11 is 1.34. The van der Waals surface area contributed by atoms with Gasteiger partial charge in [0.15, 0.2) is 0 Å². The highest BCUT2D eigenvalue weighted by Gasteiger charge is 2.21. The number of aromatic nitrogens is 3. The quantitative estimate of drug-likeness (QED) is 0.680. The second-order valence-electron chi connectivity index (χ2n) is 6.22. The van der Waals surface area contributed by atoms with E-state index in [1.165, 1.54) is 17.3 Å². The number of aryl methyl sites for hydroxylation is 1. The number of hydrogen-bond donors (Lipinski definition) is 2. The van der Waals surface area contributed by atoms with Crippen LogP contribution in [-0.2, 0) is 22.5 Å². The number of thioether (sulfide) groups is 1. The summed E-state index contributed by atoms with van der Waals surface area (Å²) in [4.78, 5) is 18.7. The molecule has 1 saturated heterocycles. The van der Waals surface area contributed by atoms with Crippen LogP contribution in [0.15, 0.2) is 35.5 Å². The van der Waals surface area contributed by atoms with Crippen LogP contribution >= 0.6 is 11.8 Å².